The van der Waals surface area contributed by atoms with E-state index in [9.17, 15) is 9.18 Å². The Bertz CT molecular complexity index is 419. The first-order valence-electron chi connectivity index (χ1n) is 5.79. The van der Waals surface area contributed by atoms with Gasteiger partial charge in [0.05, 0.1) is 13.0 Å². The van der Waals surface area contributed by atoms with E-state index in [4.69, 9.17) is 10.5 Å². The molecule has 0 fully saturated rings. The number of hydrogen-bond donors (Lipinski definition) is 1. The molecule has 4 nitrogen and oxygen atoms in total. The number of rotatable bonds is 5. The molecular formula is C13H19FN2O2. The van der Waals surface area contributed by atoms with E-state index in [-0.39, 0.29) is 30.7 Å². The lowest BCUT2D eigenvalue weighted by Crippen LogP contribution is -2.23. The number of halogens is 1. The first-order valence-corrected chi connectivity index (χ1v) is 5.79. The summed E-state index contributed by atoms with van der Waals surface area (Å²) in [6.07, 6.45) is 0.224. The van der Waals surface area contributed by atoms with Gasteiger partial charge in [-0.15, -0.1) is 0 Å². The van der Waals surface area contributed by atoms with Crippen molar-refractivity contribution in [2.24, 2.45) is 5.73 Å². The molecule has 0 aromatic heterocycles. The first kappa shape index (κ1) is 14.4. The van der Waals surface area contributed by atoms with Crippen molar-refractivity contribution in [3.8, 4) is 5.75 Å². The summed E-state index contributed by atoms with van der Waals surface area (Å²) in [7, 11) is 3.33. The highest BCUT2D eigenvalue weighted by Crippen LogP contribution is 2.21. The maximum Gasteiger partial charge on any atom is 0.225 e. The number of carbonyl (C=O) groups is 1. The molecule has 100 valence electrons. The van der Waals surface area contributed by atoms with Crippen molar-refractivity contribution in [2.45, 2.75) is 19.4 Å². The molecule has 0 saturated heterocycles. The lowest BCUT2D eigenvalue weighted by Gasteiger charge is -2.12. The van der Waals surface area contributed by atoms with Crippen LogP contribution in [0.1, 0.15) is 24.9 Å². The Morgan fingerprint density at radius 2 is 2.17 bits per heavy atom. The molecule has 0 bridgehead atoms. The van der Waals surface area contributed by atoms with Crippen LogP contribution in [0.15, 0.2) is 18.2 Å². The molecule has 1 aromatic rings. The fourth-order valence-electron chi connectivity index (χ4n) is 1.39. The van der Waals surface area contributed by atoms with Crippen molar-refractivity contribution in [3.05, 3.63) is 29.6 Å². The Labute approximate surface area is 107 Å². The minimum Gasteiger partial charge on any atom is -0.490 e. The average molecular weight is 254 g/mol. The van der Waals surface area contributed by atoms with Gasteiger partial charge in [-0.1, -0.05) is 6.07 Å². The molecule has 5 heteroatoms. The summed E-state index contributed by atoms with van der Waals surface area (Å²) in [4.78, 5) is 12.8. The summed E-state index contributed by atoms with van der Waals surface area (Å²) in [5.41, 5.74) is 6.36. The third kappa shape index (κ3) is 4.00. The second-order valence-electron chi connectivity index (χ2n) is 4.37. The van der Waals surface area contributed by atoms with E-state index < -0.39 is 5.82 Å². The summed E-state index contributed by atoms with van der Waals surface area (Å²) in [6, 6.07) is 4.39. The largest absolute Gasteiger partial charge is 0.490 e. The van der Waals surface area contributed by atoms with E-state index in [0.717, 1.165) is 0 Å². The molecule has 0 heterocycles. The standard InChI is InChI=1S/C13H19FN2O2/c1-9(15)10-4-5-12(11(14)8-10)18-7-6-13(17)16(2)3/h4-5,8-9H,6-7,15H2,1-3H3/t9-/m0/s1. The summed E-state index contributed by atoms with van der Waals surface area (Å²) < 4.78 is 18.8. The lowest BCUT2D eigenvalue weighted by molar-refractivity contribution is -0.129. The molecule has 0 spiro atoms. The highest BCUT2D eigenvalue weighted by atomic mass is 19.1. The number of amides is 1. The molecule has 0 unspecified atom stereocenters. The highest BCUT2D eigenvalue weighted by molar-refractivity contribution is 5.75. The van der Waals surface area contributed by atoms with Gasteiger partial charge in [-0.25, -0.2) is 4.39 Å². The fraction of sp³-hybridized carbons (Fsp3) is 0.462. The summed E-state index contributed by atoms with van der Waals surface area (Å²) >= 11 is 0. The van der Waals surface area contributed by atoms with E-state index in [1.807, 2.05) is 0 Å². The fourth-order valence-corrected chi connectivity index (χ4v) is 1.39. The zero-order valence-corrected chi connectivity index (χ0v) is 10.9. The Balaban J connectivity index is 2.56. The third-order valence-corrected chi connectivity index (χ3v) is 2.55. The van der Waals surface area contributed by atoms with Crippen molar-refractivity contribution in [1.82, 2.24) is 4.90 Å². The minimum atomic E-state index is -0.456. The molecule has 1 aromatic carbocycles. The number of nitrogens with two attached hydrogens (primary N) is 1. The number of carbonyl (C=O) groups excluding carboxylic acids is 1. The van der Waals surface area contributed by atoms with Crippen LogP contribution in [-0.4, -0.2) is 31.5 Å². The highest BCUT2D eigenvalue weighted by Gasteiger charge is 2.09. The van der Waals surface area contributed by atoms with Gasteiger partial charge in [0.15, 0.2) is 11.6 Å². The van der Waals surface area contributed by atoms with Crippen LogP contribution in [0.4, 0.5) is 4.39 Å². The zero-order chi connectivity index (χ0) is 13.7. The van der Waals surface area contributed by atoms with Crippen molar-refractivity contribution >= 4 is 5.91 Å². The predicted octanol–water partition coefficient (Wildman–Crippen LogP) is 1.70. The average Bonchev–Trinajstić information content (AvgIpc) is 2.30. The van der Waals surface area contributed by atoms with Crippen LogP contribution in [-0.2, 0) is 4.79 Å². The molecule has 0 aliphatic carbocycles. The SMILES string of the molecule is C[C@H](N)c1ccc(OCCC(=O)N(C)C)c(F)c1. The van der Waals surface area contributed by atoms with Crippen LogP contribution in [0.25, 0.3) is 0 Å². The minimum absolute atomic E-state index is 0.0531. The van der Waals surface area contributed by atoms with Crippen LogP contribution in [0, 0.1) is 5.82 Å². The van der Waals surface area contributed by atoms with Crippen LogP contribution in [0.3, 0.4) is 0 Å². The van der Waals surface area contributed by atoms with Crippen molar-refractivity contribution in [1.29, 1.82) is 0 Å². The Hall–Kier alpha value is -1.62. The van der Waals surface area contributed by atoms with Gasteiger partial charge < -0.3 is 15.4 Å². The molecule has 0 aliphatic heterocycles. The predicted molar refractivity (Wildman–Crippen MR) is 67.8 cm³/mol. The number of benzene rings is 1. The quantitative estimate of drug-likeness (QED) is 0.870. The van der Waals surface area contributed by atoms with Gasteiger partial charge in [-0.2, -0.15) is 0 Å². The molecule has 1 amide bonds. The molecule has 18 heavy (non-hydrogen) atoms. The van der Waals surface area contributed by atoms with Gasteiger partial charge in [-0.05, 0) is 24.6 Å². The number of hydrogen-bond acceptors (Lipinski definition) is 3. The molecule has 2 N–H and O–H groups in total. The second kappa shape index (κ2) is 6.35. The Morgan fingerprint density at radius 3 is 2.67 bits per heavy atom. The number of nitrogens with zero attached hydrogens (tertiary/aromatic N) is 1. The van der Waals surface area contributed by atoms with E-state index in [1.54, 1.807) is 27.1 Å². The van der Waals surface area contributed by atoms with E-state index >= 15 is 0 Å². The van der Waals surface area contributed by atoms with Gasteiger partial charge in [0.2, 0.25) is 5.91 Å². The van der Waals surface area contributed by atoms with Gasteiger partial charge in [-0.3, -0.25) is 4.79 Å². The van der Waals surface area contributed by atoms with Crippen LogP contribution >= 0.6 is 0 Å². The maximum absolute atomic E-state index is 13.6. The van der Waals surface area contributed by atoms with Crippen molar-refractivity contribution in [2.75, 3.05) is 20.7 Å². The van der Waals surface area contributed by atoms with Crippen LogP contribution in [0.2, 0.25) is 0 Å². The Kier molecular flexibility index (Phi) is 5.09. The monoisotopic (exact) mass is 254 g/mol. The van der Waals surface area contributed by atoms with Gasteiger partial charge in [0.1, 0.15) is 0 Å². The molecule has 0 aliphatic rings. The van der Waals surface area contributed by atoms with Crippen LogP contribution in [0.5, 0.6) is 5.75 Å². The van der Waals surface area contributed by atoms with E-state index in [2.05, 4.69) is 0 Å². The summed E-state index contributed by atoms with van der Waals surface area (Å²) in [6.45, 7) is 1.94. The summed E-state index contributed by atoms with van der Waals surface area (Å²) in [5.74, 6) is -0.365. The molecule has 0 saturated carbocycles. The van der Waals surface area contributed by atoms with Crippen LogP contribution < -0.4 is 10.5 Å². The maximum atomic E-state index is 13.6. The molecule has 1 rings (SSSR count). The van der Waals surface area contributed by atoms with Crippen molar-refractivity contribution < 1.29 is 13.9 Å². The topological polar surface area (TPSA) is 55.6 Å². The Morgan fingerprint density at radius 1 is 1.50 bits per heavy atom. The van der Waals surface area contributed by atoms with Gasteiger partial charge in [0, 0.05) is 20.1 Å². The molecular weight excluding hydrogens is 235 g/mol. The molecule has 1 atom stereocenters. The first-order chi connectivity index (χ1) is 8.41. The third-order valence-electron chi connectivity index (χ3n) is 2.55. The van der Waals surface area contributed by atoms with E-state index in [0.29, 0.717) is 5.56 Å². The summed E-state index contributed by atoms with van der Waals surface area (Å²) in [5, 5.41) is 0. The number of ether oxygens (including phenoxy) is 1. The zero-order valence-electron chi connectivity index (χ0n) is 10.9. The van der Waals surface area contributed by atoms with E-state index in [1.165, 1.54) is 17.0 Å². The van der Waals surface area contributed by atoms with Crippen molar-refractivity contribution in [3.63, 3.8) is 0 Å². The lowest BCUT2D eigenvalue weighted by atomic mass is 10.1. The smallest absolute Gasteiger partial charge is 0.225 e. The second-order valence-corrected chi connectivity index (χ2v) is 4.37. The normalized spacial score (nSPS) is 12.1. The molecule has 0 radical (unpaired) electrons. The van der Waals surface area contributed by atoms with Gasteiger partial charge in [0.25, 0.3) is 0 Å². The van der Waals surface area contributed by atoms with Gasteiger partial charge >= 0.3 is 0 Å².